The van der Waals surface area contributed by atoms with Gasteiger partial charge in [0.1, 0.15) is 6.04 Å². The van der Waals surface area contributed by atoms with E-state index in [4.69, 9.17) is 16.1 Å². The summed E-state index contributed by atoms with van der Waals surface area (Å²) >= 11 is 5.96. The molecule has 1 saturated heterocycles. The van der Waals surface area contributed by atoms with E-state index in [2.05, 4.69) is 17.1 Å². The fourth-order valence-corrected chi connectivity index (χ4v) is 4.08. The number of rotatable bonds is 10. The van der Waals surface area contributed by atoms with Crippen molar-refractivity contribution < 1.29 is 9.32 Å². The van der Waals surface area contributed by atoms with Crippen LogP contribution in [0.2, 0.25) is 5.02 Å². The molecule has 0 radical (unpaired) electrons. The van der Waals surface area contributed by atoms with Gasteiger partial charge in [-0.25, -0.2) is 0 Å². The van der Waals surface area contributed by atoms with Gasteiger partial charge >= 0.3 is 0 Å². The molecule has 1 amide bonds. The van der Waals surface area contributed by atoms with Crippen LogP contribution < -0.4 is 0 Å². The lowest BCUT2D eigenvalue weighted by atomic mass is 10.0. The van der Waals surface area contributed by atoms with Gasteiger partial charge in [0.05, 0.1) is 0 Å². The fourth-order valence-electron chi connectivity index (χ4n) is 3.95. The summed E-state index contributed by atoms with van der Waals surface area (Å²) in [5, 5.41) is 4.80. The minimum absolute atomic E-state index is 0.102. The molecule has 0 bridgehead atoms. The summed E-state index contributed by atoms with van der Waals surface area (Å²) in [5.74, 6) is 1.30. The van der Waals surface area contributed by atoms with E-state index in [0.717, 1.165) is 44.2 Å². The maximum absolute atomic E-state index is 12.9. The summed E-state index contributed by atoms with van der Waals surface area (Å²) in [6, 6.07) is 7.27. The van der Waals surface area contributed by atoms with Gasteiger partial charge in [-0.05, 0) is 49.9 Å². The maximum Gasteiger partial charge on any atom is 0.249 e. The van der Waals surface area contributed by atoms with Crippen LogP contribution in [-0.4, -0.2) is 27.5 Å². The average molecular weight is 418 g/mol. The quantitative estimate of drug-likeness (QED) is 0.409. The number of nitrogens with zero attached hydrogens (tertiary/aromatic N) is 3. The van der Waals surface area contributed by atoms with Gasteiger partial charge < -0.3 is 9.42 Å². The standard InChI is InChI=1S/C23H32ClN3O2/c1-2-3-4-5-6-7-8-12-21(28)27-17-10-9-11-20(27)23-25-22(26-29-23)18-13-15-19(24)16-14-18/h13-16,20H,2-12,17H2,1H3. The van der Waals surface area contributed by atoms with E-state index in [0.29, 0.717) is 23.2 Å². The SMILES string of the molecule is CCCCCCCCCC(=O)N1CCCCC1c1nc(-c2ccc(Cl)cc2)no1. The molecule has 1 aliphatic heterocycles. The third-order valence-corrected chi connectivity index (χ3v) is 5.90. The van der Waals surface area contributed by atoms with E-state index >= 15 is 0 Å². The first-order chi connectivity index (χ1) is 14.2. The van der Waals surface area contributed by atoms with Crippen LogP contribution in [0.25, 0.3) is 11.4 Å². The fraction of sp³-hybridized carbons (Fsp3) is 0.609. The zero-order chi connectivity index (χ0) is 20.5. The molecule has 0 N–H and O–H groups in total. The largest absolute Gasteiger partial charge is 0.337 e. The molecular weight excluding hydrogens is 386 g/mol. The Balaban J connectivity index is 1.55. The topological polar surface area (TPSA) is 59.2 Å². The number of likely N-dealkylation sites (tertiary alicyclic amines) is 1. The van der Waals surface area contributed by atoms with Crippen LogP contribution in [0.4, 0.5) is 0 Å². The van der Waals surface area contributed by atoms with Gasteiger partial charge in [-0.2, -0.15) is 4.98 Å². The minimum Gasteiger partial charge on any atom is -0.337 e. The summed E-state index contributed by atoms with van der Waals surface area (Å²) in [6.45, 7) is 3.01. The summed E-state index contributed by atoms with van der Waals surface area (Å²) in [6.07, 6.45) is 12.1. The molecular formula is C23H32ClN3O2. The van der Waals surface area contributed by atoms with Crippen LogP contribution in [0.1, 0.15) is 89.5 Å². The molecule has 2 aromatic rings. The van der Waals surface area contributed by atoms with E-state index in [1.54, 1.807) is 0 Å². The Bertz CT molecular complexity index is 760. The lowest BCUT2D eigenvalue weighted by Crippen LogP contribution is -2.38. The van der Waals surface area contributed by atoms with Crippen LogP contribution in [0, 0.1) is 0 Å². The molecule has 1 fully saturated rings. The molecule has 158 valence electrons. The van der Waals surface area contributed by atoms with Crippen LogP contribution in [0.3, 0.4) is 0 Å². The molecule has 1 aromatic heterocycles. The molecule has 0 saturated carbocycles. The van der Waals surface area contributed by atoms with Crippen molar-refractivity contribution in [3.8, 4) is 11.4 Å². The second-order valence-corrected chi connectivity index (χ2v) is 8.37. The van der Waals surface area contributed by atoms with Crippen molar-refractivity contribution in [1.82, 2.24) is 15.0 Å². The zero-order valence-corrected chi connectivity index (χ0v) is 18.2. The van der Waals surface area contributed by atoms with Crippen molar-refractivity contribution in [3.63, 3.8) is 0 Å². The van der Waals surface area contributed by atoms with E-state index in [9.17, 15) is 4.79 Å². The Morgan fingerprint density at radius 1 is 1.10 bits per heavy atom. The number of benzene rings is 1. The number of hydrogen-bond donors (Lipinski definition) is 0. The molecule has 1 aromatic carbocycles. The number of carbonyl (C=O) groups excluding carboxylic acids is 1. The minimum atomic E-state index is -0.102. The summed E-state index contributed by atoms with van der Waals surface area (Å²) < 4.78 is 5.56. The predicted octanol–water partition coefficient (Wildman–Crippen LogP) is 6.58. The highest BCUT2D eigenvalue weighted by Gasteiger charge is 2.31. The summed E-state index contributed by atoms with van der Waals surface area (Å²) in [7, 11) is 0. The normalized spacial score (nSPS) is 16.9. The maximum atomic E-state index is 12.9. The molecule has 5 nitrogen and oxygen atoms in total. The number of piperidine rings is 1. The zero-order valence-electron chi connectivity index (χ0n) is 17.4. The first kappa shape index (κ1) is 21.8. The Kier molecular flexibility index (Phi) is 8.53. The molecule has 0 spiro atoms. The van der Waals surface area contributed by atoms with Crippen molar-refractivity contribution in [2.75, 3.05) is 6.54 Å². The number of halogens is 1. The van der Waals surface area contributed by atoms with E-state index in [1.807, 2.05) is 29.2 Å². The van der Waals surface area contributed by atoms with E-state index in [-0.39, 0.29) is 11.9 Å². The summed E-state index contributed by atoms with van der Waals surface area (Å²) in [4.78, 5) is 19.4. The Morgan fingerprint density at radius 3 is 2.59 bits per heavy atom. The van der Waals surface area contributed by atoms with Gasteiger partial charge in [0, 0.05) is 23.6 Å². The van der Waals surface area contributed by atoms with E-state index in [1.165, 1.54) is 32.1 Å². The number of hydrogen-bond acceptors (Lipinski definition) is 4. The van der Waals surface area contributed by atoms with Gasteiger partial charge in [0.2, 0.25) is 17.6 Å². The molecule has 1 atom stereocenters. The van der Waals surface area contributed by atoms with Crippen molar-refractivity contribution in [1.29, 1.82) is 0 Å². The van der Waals surface area contributed by atoms with Gasteiger partial charge in [-0.15, -0.1) is 0 Å². The van der Waals surface area contributed by atoms with Crippen LogP contribution in [-0.2, 0) is 4.79 Å². The Hall–Kier alpha value is -1.88. The monoisotopic (exact) mass is 417 g/mol. The second kappa shape index (κ2) is 11.3. The second-order valence-electron chi connectivity index (χ2n) is 7.93. The molecule has 6 heteroatoms. The molecule has 29 heavy (non-hydrogen) atoms. The lowest BCUT2D eigenvalue weighted by Gasteiger charge is -2.33. The van der Waals surface area contributed by atoms with Crippen molar-refractivity contribution >= 4 is 17.5 Å². The molecule has 1 aliphatic rings. The summed E-state index contributed by atoms with van der Waals surface area (Å²) in [5.41, 5.74) is 0.862. The van der Waals surface area contributed by atoms with Crippen LogP contribution in [0.15, 0.2) is 28.8 Å². The average Bonchev–Trinajstić information content (AvgIpc) is 3.23. The predicted molar refractivity (Wildman–Crippen MR) is 116 cm³/mol. The highest BCUT2D eigenvalue weighted by Crippen LogP contribution is 2.32. The number of carbonyl (C=O) groups is 1. The van der Waals surface area contributed by atoms with Gasteiger partial charge in [0.15, 0.2) is 0 Å². The van der Waals surface area contributed by atoms with Crippen molar-refractivity contribution in [3.05, 3.63) is 35.2 Å². The van der Waals surface area contributed by atoms with Crippen molar-refractivity contribution in [2.45, 2.75) is 83.6 Å². The number of amides is 1. The molecule has 3 rings (SSSR count). The number of aromatic nitrogens is 2. The lowest BCUT2D eigenvalue weighted by molar-refractivity contribution is -0.135. The van der Waals surface area contributed by atoms with Crippen LogP contribution >= 0.6 is 11.6 Å². The van der Waals surface area contributed by atoms with Gasteiger partial charge in [0.25, 0.3) is 0 Å². The third-order valence-electron chi connectivity index (χ3n) is 5.65. The van der Waals surface area contributed by atoms with Crippen molar-refractivity contribution in [2.24, 2.45) is 0 Å². The Labute approximate surface area is 178 Å². The van der Waals surface area contributed by atoms with Gasteiger partial charge in [-0.3, -0.25) is 4.79 Å². The highest BCUT2D eigenvalue weighted by molar-refractivity contribution is 6.30. The molecule has 1 unspecified atom stereocenters. The van der Waals surface area contributed by atoms with E-state index < -0.39 is 0 Å². The molecule has 0 aliphatic carbocycles. The first-order valence-electron chi connectivity index (χ1n) is 11.1. The molecule has 2 heterocycles. The third kappa shape index (κ3) is 6.30. The smallest absolute Gasteiger partial charge is 0.249 e. The van der Waals surface area contributed by atoms with Gasteiger partial charge in [-0.1, -0.05) is 62.2 Å². The first-order valence-corrected chi connectivity index (χ1v) is 11.5. The highest BCUT2D eigenvalue weighted by atomic mass is 35.5. The Morgan fingerprint density at radius 2 is 1.83 bits per heavy atom. The number of unbranched alkanes of at least 4 members (excludes halogenated alkanes) is 6. The van der Waals surface area contributed by atoms with Crippen LogP contribution in [0.5, 0.6) is 0 Å².